The molecule has 0 amide bonds. The minimum Gasteiger partial charge on any atom is -0.480 e. The molecule has 0 fully saturated rings. The van der Waals surface area contributed by atoms with Crippen molar-refractivity contribution in [3.05, 3.63) is 0 Å². The van der Waals surface area contributed by atoms with Gasteiger partial charge in [0.2, 0.25) is 0 Å². The van der Waals surface area contributed by atoms with Gasteiger partial charge in [-0.1, -0.05) is 0 Å². The molecule has 0 aromatic heterocycles. The van der Waals surface area contributed by atoms with Gasteiger partial charge in [0.25, 0.3) is 0 Å². The second kappa shape index (κ2) is 24.3. The van der Waals surface area contributed by atoms with Gasteiger partial charge in [-0.3, -0.25) is 4.79 Å². The molecule has 0 aliphatic heterocycles. The first kappa shape index (κ1) is 25.2. The summed E-state index contributed by atoms with van der Waals surface area (Å²) in [6, 6.07) is -0.731. The zero-order valence-electron chi connectivity index (χ0n) is 13.0. The maximum absolute atomic E-state index is 9.57. The van der Waals surface area contributed by atoms with Crippen LogP contribution in [-0.4, -0.2) is 66.8 Å². The normalized spacial score (nSPS) is 10.8. The van der Waals surface area contributed by atoms with E-state index in [0.717, 1.165) is 38.9 Å². The molecule has 0 saturated heterocycles. The first-order valence-electron chi connectivity index (χ1n) is 7.15. The van der Waals surface area contributed by atoms with Crippen LogP contribution in [0.25, 0.3) is 0 Å². The van der Waals surface area contributed by atoms with Gasteiger partial charge in [-0.05, 0) is 45.7 Å². The van der Waals surface area contributed by atoms with E-state index in [2.05, 4.69) is 0 Å². The van der Waals surface area contributed by atoms with E-state index >= 15 is 0 Å². The largest absolute Gasteiger partial charge is 0.480 e. The molecule has 130 valence electrons. The molecule has 0 saturated carbocycles. The minimum atomic E-state index is -0.963. The number of carboxylic acid groups (broad SMARTS) is 1. The standard InChI is InChI=1S/C6H16N2O.C4H10O2.C3H7NO2/c7-3-1-5-9-6-2-4-8;5-3-1-2-4-6;1-2(4)3(5)6/h1-8H2;5-6H,1-4H2;2H,4H2,1H3,(H,5,6). The van der Waals surface area contributed by atoms with E-state index in [1.807, 2.05) is 0 Å². The van der Waals surface area contributed by atoms with Crippen molar-refractivity contribution in [3.8, 4) is 0 Å². The predicted octanol–water partition coefficient (Wildman–Crippen LogP) is -1.13. The third-order valence-corrected chi connectivity index (χ3v) is 1.94. The topological polar surface area (TPSA) is 165 Å². The van der Waals surface area contributed by atoms with E-state index in [0.29, 0.717) is 13.1 Å². The van der Waals surface area contributed by atoms with Crippen LogP contribution >= 0.6 is 0 Å². The number of carbonyl (C=O) groups is 1. The monoisotopic (exact) mass is 311 g/mol. The average molecular weight is 311 g/mol. The zero-order valence-corrected chi connectivity index (χ0v) is 13.0. The molecule has 1 atom stereocenters. The Morgan fingerprint density at radius 2 is 1.33 bits per heavy atom. The molecule has 0 rings (SSSR count). The predicted molar refractivity (Wildman–Crippen MR) is 82.9 cm³/mol. The van der Waals surface area contributed by atoms with Crippen molar-refractivity contribution in [2.75, 3.05) is 39.5 Å². The van der Waals surface area contributed by atoms with Crippen molar-refractivity contribution in [1.29, 1.82) is 0 Å². The highest BCUT2D eigenvalue weighted by molar-refractivity contribution is 5.72. The Balaban J connectivity index is -0.000000240. The fourth-order valence-corrected chi connectivity index (χ4v) is 0.696. The van der Waals surface area contributed by atoms with Gasteiger partial charge in [0.05, 0.1) is 0 Å². The lowest BCUT2D eigenvalue weighted by Gasteiger charge is -1.99. The van der Waals surface area contributed by atoms with Gasteiger partial charge in [-0.25, -0.2) is 0 Å². The van der Waals surface area contributed by atoms with E-state index in [1.165, 1.54) is 6.92 Å². The summed E-state index contributed by atoms with van der Waals surface area (Å²) in [6.45, 7) is 4.78. The third kappa shape index (κ3) is 38.2. The Labute approximate surface area is 127 Å². The molecular weight excluding hydrogens is 278 g/mol. The molecule has 8 heteroatoms. The summed E-state index contributed by atoms with van der Waals surface area (Å²) in [4.78, 5) is 9.57. The molecule has 21 heavy (non-hydrogen) atoms. The highest BCUT2D eigenvalue weighted by Gasteiger charge is 1.99. The Morgan fingerprint density at radius 1 is 1.00 bits per heavy atom. The van der Waals surface area contributed by atoms with Crippen LogP contribution in [-0.2, 0) is 9.53 Å². The van der Waals surface area contributed by atoms with Crippen molar-refractivity contribution < 1.29 is 24.9 Å². The number of unbranched alkanes of at least 4 members (excludes halogenated alkanes) is 1. The first-order valence-corrected chi connectivity index (χ1v) is 7.15. The smallest absolute Gasteiger partial charge is 0.320 e. The summed E-state index contributed by atoms with van der Waals surface area (Å²) in [7, 11) is 0. The van der Waals surface area contributed by atoms with Gasteiger partial charge in [0.1, 0.15) is 6.04 Å². The van der Waals surface area contributed by atoms with Crippen LogP contribution in [0, 0.1) is 0 Å². The molecular formula is C13H33N3O5. The van der Waals surface area contributed by atoms with Gasteiger partial charge >= 0.3 is 5.97 Å². The molecule has 0 bridgehead atoms. The maximum Gasteiger partial charge on any atom is 0.320 e. The Hall–Kier alpha value is -0.770. The van der Waals surface area contributed by atoms with E-state index in [-0.39, 0.29) is 13.2 Å². The lowest BCUT2D eigenvalue weighted by Crippen LogP contribution is -2.25. The summed E-state index contributed by atoms with van der Waals surface area (Å²) in [6.07, 6.45) is 3.34. The second-order valence-electron chi connectivity index (χ2n) is 4.18. The fraction of sp³-hybridized carbons (Fsp3) is 0.923. The quantitative estimate of drug-likeness (QED) is 0.276. The molecule has 0 spiro atoms. The van der Waals surface area contributed by atoms with E-state index in [1.54, 1.807) is 0 Å². The van der Waals surface area contributed by atoms with Crippen LogP contribution in [0.2, 0.25) is 0 Å². The zero-order chi connectivity index (χ0) is 16.9. The number of hydrogen-bond donors (Lipinski definition) is 6. The Bertz CT molecular complexity index is 185. The maximum atomic E-state index is 9.57. The van der Waals surface area contributed by atoms with Crippen molar-refractivity contribution in [2.24, 2.45) is 17.2 Å². The summed E-state index contributed by atoms with van der Waals surface area (Å²) in [5.74, 6) is -0.963. The molecule has 0 radical (unpaired) electrons. The van der Waals surface area contributed by atoms with E-state index in [4.69, 9.17) is 37.3 Å². The molecule has 9 N–H and O–H groups in total. The highest BCUT2D eigenvalue weighted by atomic mass is 16.5. The number of hydrogen-bond acceptors (Lipinski definition) is 7. The van der Waals surface area contributed by atoms with E-state index < -0.39 is 12.0 Å². The number of aliphatic hydroxyl groups is 2. The summed E-state index contributed by atoms with van der Waals surface area (Å²) in [5.41, 5.74) is 15.3. The van der Waals surface area contributed by atoms with Crippen LogP contribution in [0.4, 0.5) is 0 Å². The van der Waals surface area contributed by atoms with Crippen LogP contribution in [0.1, 0.15) is 32.6 Å². The molecule has 1 unspecified atom stereocenters. The highest BCUT2D eigenvalue weighted by Crippen LogP contribution is 1.82. The second-order valence-corrected chi connectivity index (χ2v) is 4.18. The van der Waals surface area contributed by atoms with Crippen molar-refractivity contribution >= 4 is 5.97 Å². The van der Waals surface area contributed by atoms with Crippen LogP contribution in [0.3, 0.4) is 0 Å². The number of carboxylic acids is 1. The van der Waals surface area contributed by atoms with Crippen LogP contribution < -0.4 is 17.2 Å². The minimum absolute atomic E-state index is 0.195. The van der Waals surface area contributed by atoms with Gasteiger partial charge in [0.15, 0.2) is 0 Å². The molecule has 8 nitrogen and oxygen atoms in total. The molecule has 0 aliphatic rings. The lowest BCUT2D eigenvalue weighted by molar-refractivity contribution is -0.138. The van der Waals surface area contributed by atoms with Gasteiger partial charge in [-0.2, -0.15) is 0 Å². The summed E-state index contributed by atoms with van der Waals surface area (Å²) >= 11 is 0. The van der Waals surface area contributed by atoms with Gasteiger partial charge in [0, 0.05) is 26.4 Å². The number of aliphatic hydroxyl groups excluding tert-OH is 2. The van der Waals surface area contributed by atoms with Gasteiger partial charge in [-0.15, -0.1) is 0 Å². The number of ether oxygens (including phenoxy) is 1. The fourth-order valence-electron chi connectivity index (χ4n) is 0.696. The van der Waals surface area contributed by atoms with Crippen LogP contribution in [0.15, 0.2) is 0 Å². The summed E-state index contributed by atoms with van der Waals surface area (Å²) in [5, 5.41) is 24.0. The molecule has 0 aromatic carbocycles. The number of aliphatic carboxylic acids is 1. The van der Waals surface area contributed by atoms with Crippen molar-refractivity contribution in [3.63, 3.8) is 0 Å². The SMILES string of the molecule is CC(N)C(=O)O.NCCCOCCCN.OCCCCO. The summed E-state index contributed by atoms with van der Waals surface area (Å²) < 4.78 is 5.15. The average Bonchev–Trinajstić information content (AvgIpc) is 2.46. The van der Waals surface area contributed by atoms with Crippen molar-refractivity contribution in [2.45, 2.75) is 38.6 Å². The molecule has 0 heterocycles. The molecule has 0 aromatic rings. The van der Waals surface area contributed by atoms with E-state index in [9.17, 15) is 4.79 Å². The number of nitrogens with two attached hydrogens (primary N) is 3. The Morgan fingerprint density at radius 3 is 1.52 bits per heavy atom. The Kier molecular flexibility index (Phi) is 29.1. The van der Waals surface area contributed by atoms with Gasteiger partial charge < -0.3 is 37.3 Å². The van der Waals surface area contributed by atoms with Crippen LogP contribution in [0.5, 0.6) is 0 Å². The molecule has 0 aliphatic carbocycles. The number of rotatable bonds is 10. The van der Waals surface area contributed by atoms with Crippen molar-refractivity contribution in [1.82, 2.24) is 0 Å². The lowest BCUT2D eigenvalue weighted by atomic mass is 10.3. The third-order valence-electron chi connectivity index (χ3n) is 1.94. The first-order chi connectivity index (χ1) is 9.97.